The highest BCUT2D eigenvalue weighted by molar-refractivity contribution is 7.80. The van der Waals surface area contributed by atoms with Gasteiger partial charge in [0, 0.05) is 17.2 Å². The summed E-state index contributed by atoms with van der Waals surface area (Å²) in [5.41, 5.74) is 6.14. The maximum absolute atomic E-state index is 13.1. The first kappa shape index (κ1) is 14.1. The van der Waals surface area contributed by atoms with Gasteiger partial charge in [-0.1, -0.05) is 35.4 Å². The maximum atomic E-state index is 13.1. The average Bonchev–Trinajstić information content (AvgIpc) is 2.33. The molecular formula is C13H8Cl2FNOS. The van der Waals surface area contributed by atoms with Crippen molar-refractivity contribution < 1.29 is 9.13 Å². The van der Waals surface area contributed by atoms with E-state index in [4.69, 9.17) is 45.9 Å². The molecule has 6 heteroatoms. The van der Waals surface area contributed by atoms with Crippen LogP contribution < -0.4 is 10.5 Å². The summed E-state index contributed by atoms with van der Waals surface area (Å²) < 4.78 is 18.6. The van der Waals surface area contributed by atoms with Gasteiger partial charge in [0.05, 0.1) is 10.6 Å². The fraction of sp³-hybridized carbons (Fsp3) is 0. The first-order valence-corrected chi connectivity index (χ1v) is 6.36. The minimum Gasteiger partial charge on any atom is -0.457 e. The number of thiocarbonyl (C=S) groups is 1. The zero-order valence-electron chi connectivity index (χ0n) is 9.49. The molecule has 0 atom stereocenters. The highest BCUT2D eigenvalue weighted by atomic mass is 35.5. The molecule has 2 aromatic rings. The summed E-state index contributed by atoms with van der Waals surface area (Å²) in [6.07, 6.45) is 0. The van der Waals surface area contributed by atoms with Crippen LogP contribution in [-0.2, 0) is 0 Å². The third kappa shape index (κ3) is 3.35. The first-order valence-electron chi connectivity index (χ1n) is 5.19. The van der Waals surface area contributed by atoms with E-state index < -0.39 is 5.82 Å². The van der Waals surface area contributed by atoms with Crippen LogP contribution >= 0.6 is 35.4 Å². The number of rotatable bonds is 3. The SMILES string of the molecule is NC(=S)c1ccc(Cl)cc1Oc1ccc(F)c(Cl)c1. The van der Waals surface area contributed by atoms with Crippen LogP contribution in [0.1, 0.15) is 5.56 Å². The molecule has 0 aliphatic rings. The van der Waals surface area contributed by atoms with Gasteiger partial charge in [0.2, 0.25) is 0 Å². The van der Waals surface area contributed by atoms with E-state index in [2.05, 4.69) is 0 Å². The number of hydrogen-bond donors (Lipinski definition) is 1. The molecule has 0 radical (unpaired) electrons. The van der Waals surface area contributed by atoms with Gasteiger partial charge in [-0.3, -0.25) is 0 Å². The summed E-state index contributed by atoms with van der Waals surface area (Å²) in [5, 5.41) is 0.444. The third-order valence-electron chi connectivity index (χ3n) is 2.33. The van der Waals surface area contributed by atoms with Crippen LogP contribution in [-0.4, -0.2) is 4.99 Å². The minimum atomic E-state index is -0.519. The van der Waals surface area contributed by atoms with Gasteiger partial charge in [-0.2, -0.15) is 0 Å². The Morgan fingerprint density at radius 2 is 1.89 bits per heavy atom. The van der Waals surface area contributed by atoms with Crippen molar-refractivity contribution in [3.63, 3.8) is 0 Å². The second kappa shape index (κ2) is 5.74. The molecule has 19 heavy (non-hydrogen) atoms. The molecule has 2 N–H and O–H groups in total. The zero-order chi connectivity index (χ0) is 14.0. The van der Waals surface area contributed by atoms with Crippen LogP contribution in [0, 0.1) is 5.82 Å². The standard InChI is InChI=1S/C13H8Cl2FNOS/c14-7-1-3-9(13(17)19)12(5-7)18-8-2-4-11(16)10(15)6-8/h1-6H,(H2,17,19). The fourth-order valence-electron chi connectivity index (χ4n) is 1.45. The van der Waals surface area contributed by atoms with Crippen molar-refractivity contribution in [2.75, 3.05) is 0 Å². The van der Waals surface area contributed by atoms with Gasteiger partial charge >= 0.3 is 0 Å². The summed E-state index contributed by atoms with van der Waals surface area (Å²) in [6.45, 7) is 0. The van der Waals surface area contributed by atoms with E-state index >= 15 is 0 Å². The summed E-state index contributed by atoms with van der Waals surface area (Å²) in [6, 6.07) is 8.91. The molecule has 0 aliphatic carbocycles. The number of hydrogen-bond acceptors (Lipinski definition) is 2. The Morgan fingerprint density at radius 3 is 2.53 bits per heavy atom. The summed E-state index contributed by atoms with van der Waals surface area (Å²) in [5.74, 6) is 0.239. The Labute approximate surface area is 124 Å². The van der Waals surface area contributed by atoms with Crippen molar-refractivity contribution in [1.82, 2.24) is 0 Å². The maximum Gasteiger partial charge on any atom is 0.142 e. The Morgan fingerprint density at radius 1 is 1.16 bits per heavy atom. The Balaban J connectivity index is 2.39. The lowest BCUT2D eigenvalue weighted by molar-refractivity contribution is 0.480. The molecule has 0 spiro atoms. The van der Waals surface area contributed by atoms with Crippen molar-refractivity contribution in [2.24, 2.45) is 5.73 Å². The molecule has 0 fully saturated rings. The van der Waals surface area contributed by atoms with Gasteiger partial charge in [-0.15, -0.1) is 0 Å². The predicted octanol–water partition coefficient (Wildman–Crippen LogP) is 4.56. The molecule has 0 saturated carbocycles. The van der Waals surface area contributed by atoms with Gasteiger partial charge in [0.25, 0.3) is 0 Å². The molecule has 2 aromatic carbocycles. The van der Waals surface area contributed by atoms with Gasteiger partial charge in [0.1, 0.15) is 22.3 Å². The molecule has 0 aromatic heterocycles. The minimum absolute atomic E-state index is 0.0311. The Hall–Kier alpha value is -1.36. The van der Waals surface area contributed by atoms with Crippen molar-refractivity contribution in [1.29, 1.82) is 0 Å². The lowest BCUT2D eigenvalue weighted by Gasteiger charge is -2.11. The molecule has 0 unspecified atom stereocenters. The number of nitrogens with two attached hydrogens (primary N) is 1. The normalized spacial score (nSPS) is 10.3. The fourth-order valence-corrected chi connectivity index (χ4v) is 1.95. The Kier molecular flexibility index (Phi) is 4.24. The largest absolute Gasteiger partial charge is 0.457 e. The molecular weight excluding hydrogens is 308 g/mol. The van der Waals surface area contributed by atoms with Gasteiger partial charge in [-0.05, 0) is 24.3 Å². The van der Waals surface area contributed by atoms with Crippen LogP contribution in [0.2, 0.25) is 10.0 Å². The van der Waals surface area contributed by atoms with E-state index in [0.29, 0.717) is 22.1 Å². The molecule has 98 valence electrons. The summed E-state index contributed by atoms with van der Waals surface area (Å²) >= 11 is 16.5. The smallest absolute Gasteiger partial charge is 0.142 e. The van der Waals surface area contributed by atoms with Crippen LogP contribution in [0.25, 0.3) is 0 Å². The lowest BCUT2D eigenvalue weighted by atomic mass is 10.2. The van der Waals surface area contributed by atoms with Gasteiger partial charge in [-0.25, -0.2) is 4.39 Å². The highest BCUT2D eigenvalue weighted by Crippen LogP contribution is 2.30. The van der Waals surface area contributed by atoms with E-state index in [1.54, 1.807) is 18.2 Å². The molecule has 0 heterocycles. The monoisotopic (exact) mass is 315 g/mol. The van der Waals surface area contributed by atoms with Crippen LogP contribution in [0.4, 0.5) is 4.39 Å². The quantitative estimate of drug-likeness (QED) is 0.843. The third-order valence-corrected chi connectivity index (χ3v) is 3.07. The second-order valence-corrected chi connectivity index (χ2v) is 4.97. The second-order valence-electron chi connectivity index (χ2n) is 3.68. The van der Waals surface area contributed by atoms with Crippen LogP contribution in [0.15, 0.2) is 36.4 Å². The molecule has 0 aliphatic heterocycles. The van der Waals surface area contributed by atoms with E-state index in [1.165, 1.54) is 18.2 Å². The van der Waals surface area contributed by atoms with Crippen LogP contribution in [0.5, 0.6) is 11.5 Å². The van der Waals surface area contributed by atoms with Crippen molar-refractivity contribution in [2.45, 2.75) is 0 Å². The summed E-state index contributed by atoms with van der Waals surface area (Å²) in [4.78, 5) is 0.180. The molecule has 0 amide bonds. The number of halogens is 3. The van der Waals surface area contributed by atoms with E-state index in [1.807, 2.05) is 0 Å². The van der Waals surface area contributed by atoms with Gasteiger partial charge in [0.15, 0.2) is 0 Å². The average molecular weight is 316 g/mol. The molecule has 0 bridgehead atoms. The topological polar surface area (TPSA) is 35.2 Å². The Bertz CT molecular complexity index is 649. The molecule has 2 rings (SSSR count). The van der Waals surface area contributed by atoms with Crippen molar-refractivity contribution >= 4 is 40.4 Å². The van der Waals surface area contributed by atoms with E-state index in [9.17, 15) is 4.39 Å². The van der Waals surface area contributed by atoms with Crippen molar-refractivity contribution in [3.8, 4) is 11.5 Å². The van der Waals surface area contributed by atoms with Gasteiger partial charge < -0.3 is 10.5 Å². The molecule has 2 nitrogen and oxygen atoms in total. The highest BCUT2D eigenvalue weighted by Gasteiger charge is 2.10. The summed E-state index contributed by atoms with van der Waals surface area (Å²) in [7, 11) is 0. The molecule has 0 saturated heterocycles. The number of benzene rings is 2. The number of ether oxygens (including phenoxy) is 1. The van der Waals surface area contributed by atoms with E-state index in [0.717, 1.165) is 0 Å². The van der Waals surface area contributed by atoms with Crippen molar-refractivity contribution in [3.05, 3.63) is 57.8 Å². The van der Waals surface area contributed by atoms with E-state index in [-0.39, 0.29) is 10.0 Å². The lowest BCUT2D eigenvalue weighted by Crippen LogP contribution is -2.10. The van der Waals surface area contributed by atoms with Crippen LogP contribution in [0.3, 0.4) is 0 Å². The predicted molar refractivity (Wildman–Crippen MR) is 78.8 cm³/mol. The first-order chi connectivity index (χ1) is 8.97. The zero-order valence-corrected chi connectivity index (χ0v) is 11.8.